The second-order valence-electron chi connectivity index (χ2n) is 7.01. The number of fused-ring (bicyclic) bond motifs is 1. The summed E-state index contributed by atoms with van der Waals surface area (Å²) in [6, 6.07) is 6.77. The first-order chi connectivity index (χ1) is 10.1. The van der Waals surface area contributed by atoms with Gasteiger partial charge in [-0.1, -0.05) is 37.3 Å². The first-order valence-electron chi connectivity index (χ1n) is 8.37. The Hall–Kier alpha value is -0.890. The number of nitrogens with one attached hydrogen (secondary N) is 1. The van der Waals surface area contributed by atoms with Gasteiger partial charge in [0.25, 0.3) is 0 Å². The Labute approximate surface area is 133 Å². The first-order valence-corrected chi connectivity index (χ1v) is 8.74. The van der Waals surface area contributed by atoms with Crippen molar-refractivity contribution in [3.63, 3.8) is 0 Å². The monoisotopic (exact) mass is 306 g/mol. The average molecular weight is 307 g/mol. The summed E-state index contributed by atoms with van der Waals surface area (Å²) >= 11 is 6.19. The van der Waals surface area contributed by atoms with Crippen molar-refractivity contribution in [2.24, 2.45) is 11.8 Å². The van der Waals surface area contributed by atoms with Crippen LogP contribution in [0.25, 0.3) is 0 Å². The summed E-state index contributed by atoms with van der Waals surface area (Å²) in [7, 11) is 4.18. The van der Waals surface area contributed by atoms with E-state index >= 15 is 0 Å². The van der Waals surface area contributed by atoms with Gasteiger partial charge >= 0.3 is 0 Å². The summed E-state index contributed by atoms with van der Waals surface area (Å²) in [6.07, 6.45) is 9.85. The molecule has 2 aliphatic carbocycles. The number of rotatable bonds is 3. The zero-order valence-corrected chi connectivity index (χ0v) is 14.0. The quantitative estimate of drug-likeness (QED) is 0.828. The molecule has 21 heavy (non-hydrogen) atoms. The lowest BCUT2D eigenvalue weighted by Crippen LogP contribution is -2.34. The van der Waals surface area contributed by atoms with Crippen molar-refractivity contribution in [3.05, 3.63) is 23.2 Å². The van der Waals surface area contributed by atoms with Crippen LogP contribution in [0.4, 0.5) is 11.4 Å². The van der Waals surface area contributed by atoms with E-state index in [0.29, 0.717) is 6.04 Å². The van der Waals surface area contributed by atoms with Crippen LogP contribution in [0.2, 0.25) is 5.02 Å². The third-order valence-electron chi connectivity index (χ3n) is 5.34. The van der Waals surface area contributed by atoms with Crippen molar-refractivity contribution >= 4 is 23.0 Å². The highest BCUT2D eigenvalue weighted by Crippen LogP contribution is 2.41. The van der Waals surface area contributed by atoms with Gasteiger partial charge in [0.2, 0.25) is 0 Å². The summed E-state index contributed by atoms with van der Waals surface area (Å²) in [5.41, 5.74) is 2.41. The Morgan fingerprint density at radius 3 is 2.57 bits per heavy atom. The smallest absolute Gasteiger partial charge is 0.0597 e. The molecule has 2 fully saturated rings. The largest absolute Gasteiger partial charge is 0.381 e. The highest BCUT2D eigenvalue weighted by Gasteiger charge is 2.32. The molecule has 1 aromatic carbocycles. The molecule has 2 aliphatic rings. The van der Waals surface area contributed by atoms with Crippen molar-refractivity contribution in [3.8, 4) is 0 Å². The van der Waals surface area contributed by atoms with Crippen molar-refractivity contribution in [2.45, 2.75) is 51.0 Å². The Morgan fingerprint density at radius 2 is 1.81 bits per heavy atom. The lowest BCUT2D eigenvalue weighted by molar-refractivity contribution is 0.162. The number of hydrogen-bond acceptors (Lipinski definition) is 2. The van der Waals surface area contributed by atoms with Gasteiger partial charge in [0.1, 0.15) is 0 Å². The summed E-state index contributed by atoms with van der Waals surface area (Å²) in [5.74, 6) is 1.96. The Kier molecular flexibility index (Phi) is 4.63. The van der Waals surface area contributed by atoms with Crippen molar-refractivity contribution in [1.82, 2.24) is 0 Å². The highest BCUT2D eigenvalue weighted by molar-refractivity contribution is 6.31. The SMILES string of the molecule is CN(C)c1ccc(Cl)cc1NC1CCC2CCCCC2C1. The summed E-state index contributed by atoms with van der Waals surface area (Å²) in [5, 5.41) is 4.59. The molecule has 0 aromatic heterocycles. The number of hydrogen-bond donors (Lipinski definition) is 1. The second kappa shape index (κ2) is 6.48. The molecule has 1 aromatic rings. The third-order valence-corrected chi connectivity index (χ3v) is 5.57. The van der Waals surface area contributed by atoms with Crippen molar-refractivity contribution in [1.29, 1.82) is 0 Å². The fraction of sp³-hybridized carbons (Fsp3) is 0.667. The van der Waals surface area contributed by atoms with E-state index in [2.05, 4.69) is 36.4 Å². The van der Waals surface area contributed by atoms with E-state index in [9.17, 15) is 0 Å². The summed E-state index contributed by atoms with van der Waals surface area (Å²) < 4.78 is 0. The molecule has 3 heteroatoms. The van der Waals surface area contributed by atoms with Crippen LogP contribution < -0.4 is 10.2 Å². The molecular formula is C18H27ClN2. The van der Waals surface area contributed by atoms with E-state index in [4.69, 9.17) is 11.6 Å². The van der Waals surface area contributed by atoms with Crippen LogP contribution in [0, 0.1) is 11.8 Å². The predicted molar refractivity (Wildman–Crippen MR) is 92.5 cm³/mol. The maximum Gasteiger partial charge on any atom is 0.0597 e. The van der Waals surface area contributed by atoms with Crippen LogP contribution >= 0.6 is 11.6 Å². The van der Waals surface area contributed by atoms with E-state index in [-0.39, 0.29) is 0 Å². The van der Waals surface area contributed by atoms with Crippen LogP contribution in [-0.2, 0) is 0 Å². The molecule has 1 N–H and O–H groups in total. The number of benzene rings is 1. The van der Waals surface area contributed by atoms with Gasteiger partial charge in [-0.05, 0) is 49.3 Å². The number of anilines is 2. The van der Waals surface area contributed by atoms with Gasteiger partial charge in [-0.15, -0.1) is 0 Å². The molecule has 0 amide bonds. The molecule has 3 unspecified atom stereocenters. The molecule has 2 saturated carbocycles. The molecule has 0 saturated heterocycles. The molecule has 3 rings (SSSR count). The highest BCUT2D eigenvalue weighted by atomic mass is 35.5. The van der Waals surface area contributed by atoms with Gasteiger partial charge in [-0.3, -0.25) is 0 Å². The van der Waals surface area contributed by atoms with E-state index in [1.165, 1.54) is 56.3 Å². The van der Waals surface area contributed by atoms with Crippen LogP contribution in [0.15, 0.2) is 18.2 Å². The minimum Gasteiger partial charge on any atom is -0.381 e. The minimum absolute atomic E-state index is 0.613. The molecule has 0 aliphatic heterocycles. The molecule has 0 radical (unpaired) electrons. The van der Waals surface area contributed by atoms with Gasteiger partial charge < -0.3 is 10.2 Å². The zero-order chi connectivity index (χ0) is 14.8. The van der Waals surface area contributed by atoms with Gasteiger partial charge in [-0.2, -0.15) is 0 Å². The molecule has 0 heterocycles. The van der Waals surface area contributed by atoms with Crippen LogP contribution in [0.5, 0.6) is 0 Å². The van der Waals surface area contributed by atoms with Gasteiger partial charge in [0.05, 0.1) is 11.4 Å². The Morgan fingerprint density at radius 1 is 1.05 bits per heavy atom. The van der Waals surface area contributed by atoms with Crippen molar-refractivity contribution in [2.75, 3.05) is 24.3 Å². The number of nitrogens with zero attached hydrogens (tertiary/aromatic N) is 1. The van der Waals surface area contributed by atoms with Gasteiger partial charge in [0, 0.05) is 25.2 Å². The maximum absolute atomic E-state index is 6.19. The maximum atomic E-state index is 6.19. The Balaban J connectivity index is 1.70. The standard InChI is InChI=1S/C18H27ClN2/c1-21(2)18-10-8-15(19)12-17(18)20-16-9-7-13-5-3-4-6-14(13)11-16/h8,10,12-14,16,20H,3-7,9,11H2,1-2H3. The lowest BCUT2D eigenvalue weighted by atomic mass is 9.69. The minimum atomic E-state index is 0.613. The number of halogens is 1. The van der Waals surface area contributed by atoms with Crippen molar-refractivity contribution < 1.29 is 0 Å². The van der Waals surface area contributed by atoms with Crippen LogP contribution in [0.1, 0.15) is 44.9 Å². The average Bonchev–Trinajstić information content (AvgIpc) is 2.47. The zero-order valence-electron chi connectivity index (χ0n) is 13.2. The predicted octanol–water partition coefficient (Wildman–Crippen LogP) is 5.18. The fourth-order valence-electron chi connectivity index (χ4n) is 4.24. The van der Waals surface area contributed by atoms with E-state index in [1.807, 2.05) is 6.07 Å². The topological polar surface area (TPSA) is 15.3 Å². The first kappa shape index (κ1) is 15.0. The molecule has 0 spiro atoms. The molecule has 2 nitrogen and oxygen atoms in total. The van der Waals surface area contributed by atoms with E-state index < -0.39 is 0 Å². The van der Waals surface area contributed by atoms with E-state index in [0.717, 1.165) is 16.9 Å². The Bertz CT molecular complexity index is 486. The summed E-state index contributed by atoms with van der Waals surface area (Å²) in [6.45, 7) is 0. The van der Waals surface area contributed by atoms with Crippen LogP contribution in [0.3, 0.4) is 0 Å². The molecular weight excluding hydrogens is 280 g/mol. The van der Waals surface area contributed by atoms with Gasteiger partial charge in [-0.25, -0.2) is 0 Å². The summed E-state index contributed by atoms with van der Waals surface area (Å²) in [4.78, 5) is 2.16. The lowest BCUT2D eigenvalue weighted by Gasteiger charge is -2.40. The normalized spacial score (nSPS) is 28.8. The molecule has 116 valence electrons. The third kappa shape index (κ3) is 3.48. The van der Waals surface area contributed by atoms with E-state index in [1.54, 1.807) is 0 Å². The fourth-order valence-corrected chi connectivity index (χ4v) is 4.41. The second-order valence-corrected chi connectivity index (χ2v) is 7.45. The molecule has 3 atom stereocenters. The van der Waals surface area contributed by atoms with Gasteiger partial charge in [0.15, 0.2) is 0 Å². The van der Waals surface area contributed by atoms with Crippen LogP contribution in [-0.4, -0.2) is 20.1 Å². The molecule has 0 bridgehead atoms.